The summed E-state index contributed by atoms with van der Waals surface area (Å²) >= 11 is 0. The third-order valence-electron chi connectivity index (χ3n) is 6.83. The minimum absolute atomic E-state index is 0.0424. The number of benzene rings is 3. The van der Waals surface area contributed by atoms with Crippen molar-refractivity contribution < 1.29 is 14.7 Å². The zero-order valence-electron chi connectivity index (χ0n) is 18.6. The van der Waals surface area contributed by atoms with E-state index in [-0.39, 0.29) is 11.8 Å². The molecule has 0 spiro atoms. The Hall–Kier alpha value is -3.44. The van der Waals surface area contributed by atoms with Gasteiger partial charge in [-0.2, -0.15) is 0 Å². The molecule has 3 aromatic carbocycles. The summed E-state index contributed by atoms with van der Waals surface area (Å²) in [5.74, 6) is -1.12. The van der Waals surface area contributed by atoms with Crippen molar-refractivity contribution in [1.29, 1.82) is 0 Å². The number of carbonyl (C=O) groups is 2. The van der Waals surface area contributed by atoms with Gasteiger partial charge in [0.05, 0.1) is 17.3 Å². The summed E-state index contributed by atoms with van der Waals surface area (Å²) < 4.78 is 0. The van der Waals surface area contributed by atoms with E-state index in [0.29, 0.717) is 25.1 Å². The molecule has 1 amide bonds. The number of hydrogen-bond acceptors (Lipinski definition) is 3. The third kappa shape index (κ3) is 4.29. The predicted molar refractivity (Wildman–Crippen MR) is 129 cm³/mol. The van der Waals surface area contributed by atoms with Crippen molar-refractivity contribution in [3.8, 4) is 0 Å². The van der Waals surface area contributed by atoms with Gasteiger partial charge in [-0.1, -0.05) is 54.6 Å². The highest BCUT2D eigenvalue weighted by Gasteiger charge is 2.29. The molecular formula is C28H28N2O3. The molecule has 2 aliphatic rings. The number of rotatable bonds is 4. The molecule has 0 bridgehead atoms. The van der Waals surface area contributed by atoms with Gasteiger partial charge in [-0.25, -0.2) is 0 Å². The van der Waals surface area contributed by atoms with Crippen LogP contribution in [0, 0.1) is 5.92 Å². The highest BCUT2D eigenvalue weighted by molar-refractivity contribution is 6.12. The minimum atomic E-state index is -0.734. The van der Waals surface area contributed by atoms with Crippen LogP contribution < -0.4 is 4.90 Å². The molecule has 2 aliphatic heterocycles. The molecule has 2 heterocycles. The number of likely N-dealkylation sites (tertiary alicyclic amines) is 1. The van der Waals surface area contributed by atoms with Gasteiger partial charge in [0, 0.05) is 18.7 Å². The average Bonchev–Trinajstić information content (AvgIpc) is 3.01. The zero-order valence-corrected chi connectivity index (χ0v) is 18.6. The second kappa shape index (κ2) is 9.20. The molecule has 0 saturated carbocycles. The first-order chi connectivity index (χ1) is 16.1. The van der Waals surface area contributed by atoms with Gasteiger partial charge < -0.3 is 5.11 Å². The number of aliphatic carboxylic acids is 1. The van der Waals surface area contributed by atoms with E-state index >= 15 is 0 Å². The molecule has 1 N–H and O–H groups in total. The molecule has 168 valence electrons. The maximum atomic E-state index is 14.1. The Kier molecular flexibility index (Phi) is 5.97. The van der Waals surface area contributed by atoms with Gasteiger partial charge in [0.1, 0.15) is 0 Å². The van der Waals surface area contributed by atoms with Gasteiger partial charge >= 0.3 is 5.97 Å². The quantitative estimate of drug-likeness (QED) is 0.616. The molecule has 0 aromatic heterocycles. The minimum Gasteiger partial charge on any atom is -0.481 e. The number of aryl methyl sites for hydroxylation is 2. The van der Waals surface area contributed by atoms with E-state index in [2.05, 4.69) is 17.0 Å². The summed E-state index contributed by atoms with van der Waals surface area (Å²) in [5.41, 5.74) is 5.81. The van der Waals surface area contributed by atoms with Crippen molar-refractivity contribution in [3.05, 3.63) is 95.1 Å². The Labute approximate surface area is 194 Å². The summed E-state index contributed by atoms with van der Waals surface area (Å²) in [6.45, 7) is 1.94. The summed E-state index contributed by atoms with van der Waals surface area (Å²) in [5, 5.41) is 9.46. The van der Waals surface area contributed by atoms with E-state index in [4.69, 9.17) is 0 Å². The van der Waals surface area contributed by atoms with Crippen LogP contribution in [-0.2, 0) is 24.2 Å². The van der Waals surface area contributed by atoms with Gasteiger partial charge in [0.25, 0.3) is 5.91 Å². The number of amides is 1. The standard InChI is InChI=1S/C28H28N2O3/c31-27(24-12-4-1-10-22(24)18-29-17-7-11-23(19-29)28(32)33)30-25-13-5-2-8-20(25)15-16-21-9-3-6-14-26(21)30/h1-6,8-10,12-14,23H,7,11,15-19H2,(H,32,33). The third-order valence-corrected chi connectivity index (χ3v) is 6.83. The largest absolute Gasteiger partial charge is 0.481 e. The molecule has 5 heteroatoms. The van der Waals surface area contributed by atoms with Crippen molar-refractivity contribution in [2.75, 3.05) is 18.0 Å². The Morgan fingerprint density at radius 2 is 1.45 bits per heavy atom. The Bertz CT molecular complexity index is 1140. The fraction of sp³-hybridized carbons (Fsp3) is 0.286. The van der Waals surface area contributed by atoms with E-state index in [9.17, 15) is 14.7 Å². The first kappa shape index (κ1) is 21.4. The molecule has 1 saturated heterocycles. The number of para-hydroxylation sites is 2. The van der Waals surface area contributed by atoms with Crippen LogP contribution in [0.3, 0.4) is 0 Å². The van der Waals surface area contributed by atoms with Crippen LogP contribution in [0.5, 0.6) is 0 Å². The fourth-order valence-electron chi connectivity index (χ4n) is 5.13. The second-order valence-electron chi connectivity index (χ2n) is 8.97. The van der Waals surface area contributed by atoms with E-state index in [1.54, 1.807) is 0 Å². The summed E-state index contributed by atoms with van der Waals surface area (Å²) in [7, 11) is 0. The predicted octanol–water partition coefficient (Wildman–Crippen LogP) is 5.06. The normalized spacial score (nSPS) is 18.2. The lowest BCUT2D eigenvalue weighted by molar-refractivity contribution is -0.143. The van der Waals surface area contributed by atoms with E-state index in [1.165, 1.54) is 11.1 Å². The van der Waals surface area contributed by atoms with Crippen LogP contribution >= 0.6 is 0 Å². The smallest absolute Gasteiger partial charge is 0.307 e. The lowest BCUT2D eigenvalue weighted by Gasteiger charge is -2.31. The van der Waals surface area contributed by atoms with Crippen LogP contribution in [0.4, 0.5) is 11.4 Å². The lowest BCUT2D eigenvalue weighted by Crippen LogP contribution is -2.38. The topological polar surface area (TPSA) is 60.9 Å². The first-order valence-corrected chi connectivity index (χ1v) is 11.6. The molecule has 33 heavy (non-hydrogen) atoms. The molecule has 5 rings (SSSR count). The number of carboxylic acids is 1. The van der Waals surface area contributed by atoms with Crippen molar-refractivity contribution >= 4 is 23.3 Å². The highest BCUT2D eigenvalue weighted by atomic mass is 16.4. The molecule has 5 nitrogen and oxygen atoms in total. The lowest BCUT2D eigenvalue weighted by atomic mass is 9.97. The van der Waals surface area contributed by atoms with Gasteiger partial charge in [-0.3, -0.25) is 19.4 Å². The number of piperidine rings is 1. The van der Waals surface area contributed by atoms with Crippen LogP contribution in [0.2, 0.25) is 0 Å². The van der Waals surface area contributed by atoms with E-state index in [0.717, 1.165) is 42.7 Å². The maximum Gasteiger partial charge on any atom is 0.307 e. The molecule has 0 radical (unpaired) electrons. The maximum absolute atomic E-state index is 14.1. The second-order valence-corrected chi connectivity index (χ2v) is 8.97. The van der Waals surface area contributed by atoms with E-state index < -0.39 is 5.97 Å². The monoisotopic (exact) mass is 440 g/mol. The first-order valence-electron chi connectivity index (χ1n) is 11.6. The number of anilines is 2. The molecule has 1 unspecified atom stereocenters. The average molecular weight is 441 g/mol. The van der Waals surface area contributed by atoms with Crippen molar-refractivity contribution in [1.82, 2.24) is 4.90 Å². The Morgan fingerprint density at radius 3 is 2.12 bits per heavy atom. The van der Waals surface area contributed by atoms with Gasteiger partial charge in [0.2, 0.25) is 0 Å². The number of carboxylic acid groups (broad SMARTS) is 1. The van der Waals surface area contributed by atoms with Gasteiger partial charge in [-0.05, 0) is 67.1 Å². The molecule has 1 fully saturated rings. The number of fused-ring (bicyclic) bond motifs is 2. The fourth-order valence-corrected chi connectivity index (χ4v) is 5.13. The molecular weight excluding hydrogens is 412 g/mol. The van der Waals surface area contributed by atoms with Crippen LogP contribution in [0.25, 0.3) is 0 Å². The summed E-state index contributed by atoms with van der Waals surface area (Å²) in [6.07, 6.45) is 3.36. The number of nitrogens with zero attached hydrogens (tertiary/aromatic N) is 2. The van der Waals surface area contributed by atoms with Gasteiger partial charge in [-0.15, -0.1) is 0 Å². The summed E-state index contributed by atoms with van der Waals surface area (Å²) in [4.78, 5) is 29.7. The summed E-state index contributed by atoms with van der Waals surface area (Å²) in [6, 6.07) is 24.0. The zero-order chi connectivity index (χ0) is 22.8. The number of hydrogen-bond donors (Lipinski definition) is 1. The van der Waals surface area contributed by atoms with Crippen LogP contribution in [0.15, 0.2) is 72.8 Å². The van der Waals surface area contributed by atoms with Crippen molar-refractivity contribution in [3.63, 3.8) is 0 Å². The van der Waals surface area contributed by atoms with Crippen molar-refractivity contribution in [2.45, 2.75) is 32.2 Å². The Morgan fingerprint density at radius 1 is 0.848 bits per heavy atom. The molecule has 1 atom stereocenters. The van der Waals surface area contributed by atoms with Crippen LogP contribution in [-0.4, -0.2) is 35.0 Å². The van der Waals surface area contributed by atoms with Crippen LogP contribution in [0.1, 0.15) is 39.9 Å². The van der Waals surface area contributed by atoms with Crippen molar-refractivity contribution in [2.24, 2.45) is 5.92 Å². The Balaban J connectivity index is 1.52. The SMILES string of the molecule is O=C(O)C1CCCN(Cc2ccccc2C(=O)N2c3ccccc3CCc3ccccc32)C1. The highest BCUT2D eigenvalue weighted by Crippen LogP contribution is 2.37. The number of carbonyl (C=O) groups excluding carboxylic acids is 1. The molecule has 3 aromatic rings. The van der Waals surface area contributed by atoms with E-state index in [1.807, 2.05) is 65.6 Å². The van der Waals surface area contributed by atoms with Gasteiger partial charge in [0.15, 0.2) is 0 Å². The molecule has 0 aliphatic carbocycles.